The quantitative estimate of drug-likeness (QED) is 0.825. The van der Waals surface area contributed by atoms with Crippen LogP contribution in [0.15, 0.2) is 4.34 Å². The molecule has 6 nitrogen and oxygen atoms in total. The van der Waals surface area contributed by atoms with Gasteiger partial charge in [0.15, 0.2) is 0 Å². The summed E-state index contributed by atoms with van der Waals surface area (Å²) >= 11 is 0.901. The smallest absolute Gasteiger partial charge is 0.272 e. The third-order valence-corrected chi connectivity index (χ3v) is 4.93. The molecule has 0 aromatic carbocycles. The van der Waals surface area contributed by atoms with Gasteiger partial charge in [-0.15, -0.1) is 10.2 Å². The van der Waals surface area contributed by atoms with Crippen molar-refractivity contribution in [2.45, 2.75) is 31.0 Å². The SMILES string of the molecule is CCCN(CCC)S(=O)(=O)c1nnc(N)s1. The third kappa shape index (κ3) is 2.89. The highest BCUT2D eigenvalue weighted by Crippen LogP contribution is 2.21. The van der Waals surface area contributed by atoms with Crippen LogP contribution in [0.3, 0.4) is 0 Å². The predicted molar refractivity (Wildman–Crippen MR) is 63.7 cm³/mol. The van der Waals surface area contributed by atoms with Crippen LogP contribution in [0.5, 0.6) is 0 Å². The van der Waals surface area contributed by atoms with Crippen LogP contribution >= 0.6 is 11.3 Å². The number of nitrogens with zero attached hydrogens (tertiary/aromatic N) is 3. The Balaban J connectivity index is 2.97. The summed E-state index contributed by atoms with van der Waals surface area (Å²) in [5.74, 6) is 0. The van der Waals surface area contributed by atoms with Gasteiger partial charge >= 0.3 is 0 Å². The van der Waals surface area contributed by atoms with Crippen LogP contribution in [0.25, 0.3) is 0 Å². The highest BCUT2D eigenvalue weighted by Gasteiger charge is 2.26. The van der Waals surface area contributed by atoms with Crippen LogP contribution in [-0.4, -0.2) is 36.0 Å². The van der Waals surface area contributed by atoms with Crippen molar-refractivity contribution in [2.24, 2.45) is 0 Å². The van der Waals surface area contributed by atoms with E-state index in [9.17, 15) is 8.42 Å². The van der Waals surface area contributed by atoms with E-state index in [1.165, 1.54) is 4.31 Å². The minimum atomic E-state index is -3.51. The summed E-state index contributed by atoms with van der Waals surface area (Å²) in [4.78, 5) is 0. The zero-order valence-corrected chi connectivity index (χ0v) is 11.0. The van der Waals surface area contributed by atoms with Crippen LogP contribution in [0.4, 0.5) is 5.13 Å². The number of hydrogen-bond donors (Lipinski definition) is 1. The second kappa shape index (κ2) is 5.55. The third-order valence-electron chi connectivity index (χ3n) is 1.93. The Labute approximate surface area is 99.5 Å². The highest BCUT2D eigenvalue weighted by atomic mass is 32.2. The van der Waals surface area contributed by atoms with Crippen molar-refractivity contribution in [2.75, 3.05) is 18.8 Å². The van der Waals surface area contributed by atoms with Gasteiger partial charge in [-0.1, -0.05) is 25.2 Å². The molecule has 0 fully saturated rings. The molecule has 0 radical (unpaired) electrons. The van der Waals surface area contributed by atoms with E-state index in [4.69, 9.17) is 5.73 Å². The Morgan fingerprint density at radius 3 is 2.19 bits per heavy atom. The molecule has 1 aromatic heterocycles. The van der Waals surface area contributed by atoms with Crippen LogP contribution in [-0.2, 0) is 10.0 Å². The lowest BCUT2D eigenvalue weighted by atomic mass is 10.4. The number of rotatable bonds is 6. The monoisotopic (exact) mass is 264 g/mol. The Bertz CT molecular complexity index is 423. The van der Waals surface area contributed by atoms with Gasteiger partial charge in [0, 0.05) is 13.1 Å². The average molecular weight is 264 g/mol. The van der Waals surface area contributed by atoms with Crippen LogP contribution in [0.2, 0.25) is 0 Å². The van der Waals surface area contributed by atoms with Crippen molar-refractivity contribution < 1.29 is 8.42 Å². The van der Waals surface area contributed by atoms with Gasteiger partial charge in [-0.25, -0.2) is 8.42 Å². The number of nitrogens with two attached hydrogens (primary N) is 1. The number of hydrogen-bond acceptors (Lipinski definition) is 6. The van der Waals surface area contributed by atoms with Gasteiger partial charge in [0.05, 0.1) is 0 Å². The molecule has 0 aliphatic rings. The summed E-state index contributed by atoms with van der Waals surface area (Å²) in [6.07, 6.45) is 1.54. The maximum atomic E-state index is 12.1. The minimum absolute atomic E-state index is 0.0214. The van der Waals surface area contributed by atoms with Crippen molar-refractivity contribution in [1.29, 1.82) is 0 Å². The fourth-order valence-corrected chi connectivity index (χ4v) is 3.83. The van der Waals surface area contributed by atoms with E-state index in [2.05, 4.69) is 10.2 Å². The van der Waals surface area contributed by atoms with Gasteiger partial charge in [-0.2, -0.15) is 4.31 Å². The maximum Gasteiger partial charge on any atom is 0.272 e. The summed E-state index contributed by atoms with van der Waals surface area (Å²) in [5.41, 5.74) is 5.39. The molecule has 92 valence electrons. The Hall–Kier alpha value is -0.730. The van der Waals surface area contributed by atoms with Gasteiger partial charge in [-0.05, 0) is 12.8 Å². The lowest BCUT2D eigenvalue weighted by Gasteiger charge is -2.18. The Kier molecular flexibility index (Phi) is 4.63. The van der Waals surface area contributed by atoms with Gasteiger partial charge in [-0.3, -0.25) is 0 Å². The molecular weight excluding hydrogens is 248 g/mol. The van der Waals surface area contributed by atoms with Crippen LogP contribution in [0, 0.1) is 0 Å². The van der Waals surface area contributed by atoms with Crippen molar-refractivity contribution in [1.82, 2.24) is 14.5 Å². The zero-order valence-electron chi connectivity index (χ0n) is 9.38. The molecule has 8 heteroatoms. The topological polar surface area (TPSA) is 89.2 Å². The molecule has 0 spiro atoms. The second-order valence-electron chi connectivity index (χ2n) is 3.31. The zero-order chi connectivity index (χ0) is 12.2. The van der Waals surface area contributed by atoms with Crippen LogP contribution < -0.4 is 5.73 Å². The van der Waals surface area contributed by atoms with Crippen molar-refractivity contribution in [3.8, 4) is 0 Å². The fourth-order valence-electron chi connectivity index (χ4n) is 1.29. The first kappa shape index (κ1) is 13.3. The molecule has 2 N–H and O–H groups in total. The van der Waals surface area contributed by atoms with E-state index >= 15 is 0 Å². The minimum Gasteiger partial charge on any atom is -0.374 e. The lowest BCUT2D eigenvalue weighted by Crippen LogP contribution is -2.32. The van der Waals surface area contributed by atoms with Crippen molar-refractivity contribution >= 4 is 26.5 Å². The van der Waals surface area contributed by atoms with Gasteiger partial charge in [0.1, 0.15) is 0 Å². The summed E-state index contributed by atoms with van der Waals surface area (Å²) < 4.78 is 25.6. The molecule has 0 bridgehead atoms. The van der Waals surface area contributed by atoms with Gasteiger partial charge < -0.3 is 5.73 Å². The number of nitrogen functional groups attached to an aromatic ring is 1. The molecule has 1 heterocycles. The first-order valence-corrected chi connectivity index (χ1v) is 7.37. The Morgan fingerprint density at radius 2 is 1.81 bits per heavy atom. The summed E-state index contributed by atoms with van der Waals surface area (Å²) in [7, 11) is -3.51. The first-order chi connectivity index (χ1) is 7.52. The van der Waals surface area contributed by atoms with E-state index in [-0.39, 0.29) is 9.47 Å². The summed E-state index contributed by atoms with van der Waals surface area (Å²) in [6, 6.07) is 0. The fraction of sp³-hybridized carbons (Fsp3) is 0.750. The van der Waals surface area contributed by atoms with Gasteiger partial charge in [0.25, 0.3) is 10.0 Å². The number of aromatic nitrogens is 2. The number of anilines is 1. The molecule has 1 aromatic rings. The molecule has 0 aliphatic heterocycles. The van der Waals surface area contributed by atoms with E-state index in [0.29, 0.717) is 13.1 Å². The maximum absolute atomic E-state index is 12.1. The molecule has 0 saturated heterocycles. The van der Waals surface area contributed by atoms with Crippen molar-refractivity contribution in [3.05, 3.63) is 0 Å². The first-order valence-electron chi connectivity index (χ1n) is 5.11. The van der Waals surface area contributed by atoms with Gasteiger partial charge in [0.2, 0.25) is 9.47 Å². The summed E-state index contributed by atoms with van der Waals surface area (Å²) in [5, 5.41) is 7.29. The highest BCUT2D eigenvalue weighted by molar-refractivity contribution is 7.91. The molecule has 16 heavy (non-hydrogen) atoms. The molecule has 0 aliphatic carbocycles. The molecule has 1 rings (SSSR count). The molecule has 0 amide bonds. The largest absolute Gasteiger partial charge is 0.374 e. The number of sulfonamides is 1. The second-order valence-corrected chi connectivity index (χ2v) is 6.43. The molecule has 0 unspecified atom stereocenters. The predicted octanol–water partition coefficient (Wildman–Crippen LogP) is 0.931. The molecule has 0 saturated carbocycles. The normalized spacial score (nSPS) is 12.2. The Morgan fingerprint density at radius 1 is 1.25 bits per heavy atom. The lowest BCUT2D eigenvalue weighted by molar-refractivity contribution is 0.409. The van der Waals surface area contributed by atoms with E-state index in [0.717, 1.165) is 24.2 Å². The summed E-state index contributed by atoms with van der Waals surface area (Å²) in [6.45, 7) is 4.87. The molecular formula is C8H16N4O2S2. The standard InChI is InChI=1S/C8H16N4O2S2/c1-3-5-12(6-4-2)16(13,14)8-11-10-7(9)15-8/h3-6H2,1-2H3,(H2,9,10). The van der Waals surface area contributed by atoms with Crippen molar-refractivity contribution in [3.63, 3.8) is 0 Å². The van der Waals surface area contributed by atoms with E-state index < -0.39 is 10.0 Å². The van der Waals surface area contributed by atoms with E-state index in [1.807, 2.05) is 13.8 Å². The molecule has 0 atom stereocenters. The van der Waals surface area contributed by atoms with E-state index in [1.54, 1.807) is 0 Å². The average Bonchev–Trinajstić information content (AvgIpc) is 2.65. The van der Waals surface area contributed by atoms with Crippen LogP contribution in [0.1, 0.15) is 26.7 Å².